The maximum absolute atomic E-state index is 12.8. The highest BCUT2D eigenvalue weighted by atomic mass is 19.3. The minimum Gasteiger partial charge on any atom is -0.438 e. The number of nitrogens with zero attached hydrogens (tertiary/aromatic N) is 2. The number of hydrogen-bond donors (Lipinski definition) is 0. The summed E-state index contributed by atoms with van der Waals surface area (Å²) in [6.45, 7) is 3.17. The fourth-order valence-electron chi connectivity index (χ4n) is 2.84. The molecule has 0 spiro atoms. The second kappa shape index (κ2) is 4.80. The van der Waals surface area contributed by atoms with Crippen LogP contribution >= 0.6 is 0 Å². The second-order valence-corrected chi connectivity index (χ2v) is 5.51. The zero-order chi connectivity index (χ0) is 14.3. The molecule has 1 aromatic heterocycles. The fourth-order valence-corrected chi connectivity index (χ4v) is 2.84. The van der Waals surface area contributed by atoms with Crippen LogP contribution in [0.15, 0.2) is 10.8 Å². The Labute approximate surface area is 114 Å². The van der Waals surface area contributed by atoms with E-state index in [9.17, 15) is 13.6 Å². The Kier molecular flexibility index (Phi) is 3.24. The zero-order valence-electron chi connectivity index (χ0n) is 11.1. The summed E-state index contributed by atoms with van der Waals surface area (Å²) in [5.41, 5.74) is -1.03. The van der Waals surface area contributed by atoms with Crippen LogP contribution in [0.1, 0.15) is 42.4 Å². The number of ether oxygens (including phenoxy) is 1. The molecule has 1 aromatic rings. The Bertz CT molecular complexity index is 515. The Hall–Kier alpha value is -1.50. The van der Waals surface area contributed by atoms with E-state index in [-0.39, 0.29) is 5.76 Å². The van der Waals surface area contributed by atoms with Crippen LogP contribution in [0.4, 0.5) is 8.78 Å². The van der Waals surface area contributed by atoms with Gasteiger partial charge in [0, 0.05) is 6.54 Å². The smallest absolute Gasteiger partial charge is 0.292 e. The van der Waals surface area contributed by atoms with Crippen LogP contribution in [0.5, 0.6) is 0 Å². The van der Waals surface area contributed by atoms with Gasteiger partial charge in [0.25, 0.3) is 12.3 Å². The number of rotatable bonds is 3. The summed E-state index contributed by atoms with van der Waals surface area (Å²) >= 11 is 0. The maximum Gasteiger partial charge on any atom is 0.292 e. The van der Waals surface area contributed by atoms with Gasteiger partial charge in [-0.1, -0.05) is 0 Å². The zero-order valence-corrected chi connectivity index (χ0v) is 11.1. The van der Waals surface area contributed by atoms with E-state index in [1.54, 1.807) is 4.90 Å². The highest BCUT2D eigenvalue weighted by Gasteiger charge is 2.50. The molecular formula is C13H16F2N2O3. The van der Waals surface area contributed by atoms with Gasteiger partial charge in [0.15, 0.2) is 12.1 Å². The summed E-state index contributed by atoms with van der Waals surface area (Å²) in [5.74, 6) is -0.506. The van der Waals surface area contributed by atoms with E-state index in [0.717, 1.165) is 19.2 Å². The number of hydrogen-bond acceptors (Lipinski definition) is 4. The van der Waals surface area contributed by atoms with Crippen molar-refractivity contribution >= 4 is 5.91 Å². The molecule has 1 atom stereocenters. The van der Waals surface area contributed by atoms with Gasteiger partial charge in [0.2, 0.25) is 5.76 Å². The summed E-state index contributed by atoms with van der Waals surface area (Å²) in [4.78, 5) is 17.6. The van der Waals surface area contributed by atoms with E-state index < -0.39 is 23.6 Å². The SMILES string of the molecule is CC1(C2CC2)COCCN1C(=O)c1ocnc1C(F)F. The molecule has 110 valence electrons. The van der Waals surface area contributed by atoms with Gasteiger partial charge in [0.1, 0.15) is 0 Å². The molecule has 2 fully saturated rings. The number of oxazole rings is 1. The lowest BCUT2D eigenvalue weighted by atomic mass is 9.92. The first kappa shape index (κ1) is 13.5. The number of alkyl halides is 2. The monoisotopic (exact) mass is 286 g/mol. The van der Waals surface area contributed by atoms with E-state index in [4.69, 9.17) is 9.15 Å². The average molecular weight is 286 g/mol. The Morgan fingerprint density at radius 1 is 1.55 bits per heavy atom. The first-order valence-electron chi connectivity index (χ1n) is 6.65. The van der Waals surface area contributed by atoms with Crippen LogP contribution in [0.25, 0.3) is 0 Å². The van der Waals surface area contributed by atoms with Gasteiger partial charge in [-0.2, -0.15) is 0 Å². The molecule has 3 rings (SSSR count). The van der Waals surface area contributed by atoms with Gasteiger partial charge >= 0.3 is 0 Å². The molecule has 1 aliphatic carbocycles. The van der Waals surface area contributed by atoms with Gasteiger partial charge < -0.3 is 14.1 Å². The molecule has 0 aromatic carbocycles. The van der Waals surface area contributed by atoms with E-state index in [1.165, 1.54) is 0 Å². The number of morpholine rings is 1. The standard InChI is InChI=1S/C13H16F2N2O3/c1-13(8-2-3-8)6-19-5-4-17(13)12(18)10-9(11(14)15)16-7-20-10/h7-8,11H,2-6H2,1H3. The topological polar surface area (TPSA) is 55.6 Å². The van der Waals surface area contributed by atoms with Crippen molar-refractivity contribution in [2.75, 3.05) is 19.8 Å². The van der Waals surface area contributed by atoms with Crippen LogP contribution < -0.4 is 0 Å². The first-order chi connectivity index (χ1) is 9.54. The summed E-state index contributed by atoms with van der Waals surface area (Å²) in [6, 6.07) is 0. The predicted octanol–water partition coefficient (Wildman–Crippen LogP) is 2.25. The quantitative estimate of drug-likeness (QED) is 0.855. The maximum atomic E-state index is 12.8. The van der Waals surface area contributed by atoms with Gasteiger partial charge in [-0.05, 0) is 25.7 Å². The lowest BCUT2D eigenvalue weighted by Gasteiger charge is -2.44. The predicted molar refractivity (Wildman–Crippen MR) is 64.4 cm³/mol. The molecule has 0 N–H and O–H groups in total. The Morgan fingerprint density at radius 2 is 2.30 bits per heavy atom. The van der Waals surface area contributed by atoms with Crippen molar-refractivity contribution in [1.29, 1.82) is 0 Å². The van der Waals surface area contributed by atoms with Crippen molar-refractivity contribution in [3.05, 3.63) is 17.8 Å². The third-order valence-corrected chi connectivity index (χ3v) is 4.17. The van der Waals surface area contributed by atoms with Gasteiger partial charge in [0.05, 0.1) is 18.8 Å². The molecule has 1 unspecified atom stereocenters. The molecule has 5 nitrogen and oxygen atoms in total. The van der Waals surface area contributed by atoms with Crippen molar-refractivity contribution in [2.24, 2.45) is 5.92 Å². The molecule has 20 heavy (non-hydrogen) atoms. The van der Waals surface area contributed by atoms with E-state index in [0.29, 0.717) is 25.7 Å². The molecule has 0 radical (unpaired) electrons. The third kappa shape index (κ3) is 2.09. The lowest BCUT2D eigenvalue weighted by Crippen LogP contribution is -2.58. The minimum atomic E-state index is -2.82. The van der Waals surface area contributed by atoms with Crippen molar-refractivity contribution in [2.45, 2.75) is 31.7 Å². The number of amides is 1. The highest BCUT2D eigenvalue weighted by molar-refractivity contribution is 5.93. The van der Waals surface area contributed by atoms with Crippen LogP contribution in [-0.2, 0) is 4.74 Å². The normalized spacial score (nSPS) is 27.1. The number of aromatic nitrogens is 1. The summed E-state index contributed by atoms with van der Waals surface area (Å²) in [5, 5.41) is 0. The summed E-state index contributed by atoms with van der Waals surface area (Å²) in [6.07, 6.45) is 0.133. The summed E-state index contributed by atoms with van der Waals surface area (Å²) < 4.78 is 36.1. The van der Waals surface area contributed by atoms with E-state index in [2.05, 4.69) is 4.98 Å². The first-order valence-corrected chi connectivity index (χ1v) is 6.65. The molecule has 1 saturated heterocycles. The fraction of sp³-hybridized carbons (Fsp3) is 0.692. The molecular weight excluding hydrogens is 270 g/mol. The second-order valence-electron chi connectivity index (χ2n) is 5.51. The van der Waals surface area contributed by atoms with E-state index >= 15 is 0 Å². The van der Waals surface area contributed by atoms with Crippen LogP contribution in [-0.4, -0.2) is 41.1 Å². The van der Waals surface area contributed by atoms with Crippen LogP contribution in [0, 0.1) is 5.92 Å². The van der Waals surface area contributed by atoms with Crippen molar-refractivity contribution in [1.82, 2.24) is 9.88 Å². The van der Waals surface area contributed by atoms with Gasteiger partial charge in [-0.25, -0.2) is 13.8 Å². The van der Waals surface area contributed by atoms with Gasteiger partial charge in [-0.15, -0.1) is 0 Å². The number of carbonyl (C=O) groups excluding carboxylic acids is 1. The molecule has 2 heterocycles. The molecule has 0 bridgehead atoms. The minimum absolute atomic E-state index is 0.353. The molecule has 1 amide bonds. The third-order valence-electron chi connectivity index (χ3n) is 4.17. The largest absolute Gasteiger partial charge is 0.438 e. The Morgan fingerprint density at radius 3 is 2.95 bits per heavy atom. The summed E-state index contributed by atoms with van der Waals surface area (Å²) in [7, 11) is 0. The van der Waals surface area contributed by atoms with E-state index in [1.807, 2.05) is 6.92 Å². The van der Waals surface area contributed by atoms with Crippen molar-refractivity contribution in [3.63, 3.8) is 0 Å². The van der Waals surface area contributed by atoms with Crippen LogP contribution in [0.2, 0.25) is 0 Å². The molecule has 1 aliphatic heterocycles. The van der Waals surface area contributed by atoms with Crippen LogP contribution in [0.3, 0.4) is 0 Å². The van der Waals surface area contributed by atoms with Crippen molar-refractivity contribution in [3.8, 4) is 0 Å². The average Bonchev–Trinajstić information content (AvgIpc) is 3.16. The van der Waals surface area contributed by atoms with Gasteiger partial charge in [-0.3, -0.25) is 4.79 Å². The molecule has 7 heteroatoms. The molecule has 1 saturated carbocycles. The van der Waals surface area contributed by atoms with Crippen molar-refractivity contribution < 1.29 is 22.7 Å². The number of halogens is 2. The number of carbonyl (C=O) groups is 1. The molecule has 2 aliphatic rings. The Balaban J connectivity index is 1.90. The lowest BCUT2D eigenvalue weighted by molar-refractivity contribution is -0.0560. The highest BCUT2D eigenvalue weighted by Crippen LogP contribution is 2.45.